The molecule has 3 heterocycles. The molecule has 0 aromatic heterocycles. The fraction of sp³-hybridized carbons (Fsp3) is 0.379. The molecule has 2 amide bonds. The lowest BCUT2D eigenvalue weighted by Gasteiger charge is -2.47. The minimum absolute atomic E-state index is 0.0254. The molecule has 5 atom stereocenters. The Morgan fingerprint density at radius 3 is 2.43 bits per heavy atom. The number of carbonyl (C=O) groups excluding carboxylic acids is 4. The third kappa shape index (κ3) is 3.31. The number of rotatable bonds is 5. The monoisotopic (exact) mass is 500 g/mol. The van der Waals surface area contributed by atoms with Crippen LogP contribution < -0.4 is 9.64 Å². The molecule has 1 aliphatic carbocycles. The van der Waals surface area contributed by atoms with Crippen LogP contribution in [0.3, 0.4) is 0 Å². The average molecular weight is 501 g/mol. The topological polar surface area (TPSA) is 93.2 Å². The zero-order valence-corrected chi connectivity index (χ0v) is 20.8. The van der Waals surface area contributed by atoms with E-state index in [0.29, 0.717) is 24.4 Å². The minimum atomic E-state index is -1.35. The largest absolute Gasteiger partial charge is 0.497 e. The smallest absolute Gasteiger partial charge is 0.327 e. The lowest BCUT2D eigenvalue weighted by molar-refractivity contribution is -0.164. The number of hydrogen-bond acceptors (Lipinski definition) is 7. The Labute approximate surface area is 214 Å². The second-order valence-electron chi connectivity index (χ2n) is 10.1. The number of nitrogens with zero attached hydrogens (tertiary/aromatic N) is 2. The van der Waals surface area contributed by atoms with Gasteiger partial charge in [-0.1, -0.05) is 30.3 Å². The van der Waals surface area contributed by atoms with Crippen LogP contribution in [0.1, 0.15) is 31.4 Å². The molecule has 2 aromatic rings. The van der Waals surface area contributed by atoms with E-state index in [1.807, 2.05) is 35.2 Å². The molecule has 6 rings (SSSR count). The van der Waals surface area contributed by atoms with E-state index in [2.05, 4.69) is 0 Å². The molecule has 190 valence electrons. The second-order valence-corrected chi connectivity index (χ2v) is 10.1. The highest BCUT2D eigenvalue weighted by Gasteiger charge is 2.74. The van der Waals surface area contributed by atoms with Gasteiger partial charge in [0, 0.05) is 19.0 Å². The van der Waals surface area contributed by atoms with Crippen molar-refractivity contribution < 1.29 is 28.7 Å². The van der Waals surface area contributed by atoms with Gasteiger partial charge in [0.25, 0.3) is 0 Å². The van der Waals surface area contributed by atoms with Crippen LogP contribution in [0.25, 0.3) is 0 Å². The number of anilines is 1. The Hall–Kier alpha value is -3.78. The molecule has 8 nitrogen and oxygen atoms in total. The average Bonchev–Trinajstić information content (AvgIpc) is 3.50. The van der Waals surface area contributed by atoms with Crippen LogP contribution in [0, 0.1) is 17.8 Å². The van der Waals surface area contributed by atoms with Crippen molar-refractivity contribution in [3.63, 3.8) is 0 Å². The summed E-state index contributed by atoms with van der Waals surface area (Å²) in [5, 5.41) is 0. The van der Waals surface area contributed by atoms with E-state index in [9.17, 15) is 19.2 Å². The van der Waals surface area contributed by atoms with Gasteiger partial charge in [-0.15, -0.1) is 0 Å². The number of piperidine rings is 1. The van der Waals surface area contributed by atoms with Crippen LogP contribution in [0.2, 0.25) is 0 Å². The molecule has 3 aliphatic heterocycles. The molecule has 0 N–H and O–H groups in total. The Morgan fingerprint density at radius 1 is 1.03 bits per heavy atom. The maximum absolute atomic E-state index is 14.2. The lowest BCUT2D eigenvalue weighted by atomic mass is 9.71. The first kappa shape index (κ1) is 23.6. The zero-order chi connectivity index (χ0) is 25.9. The standard InChI is InChI=1S/C29H28N2O6/c1-3-37-28(35)29-15-18-13-21(32)14-19(18)16-30(29)25(17-9-11-22(36-2)12-10-17)23-24(29)27(34)31(26(23)33)20-7-5-4-6-8-20/h4-12,14,18,23-25H,3,13,15-16H2,1-2H3/t18-,23-,24-,25-,29-/m1/s1. The SMILES string of the molecule is CCOC(=O)[C@]12C[C@H]3CC(=O)C=C3CN1[C@H](c1ccc(OC)cc1)[C@@H]1C(=O)N(c3ccccc3)C(=O)[C@@H]12. The molecule has 8 heteroatoms. The predicted molar refractivity (Wildman–Crippen MR) is 134 cm³/mol. The minimum Gasteiger partial charge on any atom is -0.497 e. The van der Waals surface area contributed by atoms with E-state index in [0.717, 1.165) is 11.1 Å². The van der Waals surface area contributed by atoms with E-state index < -0.39 is 35.3 Å². The van der Waals surface area contributed by atoms with Gasteiger partial charge in [-0.25, -0.2) is 4.90 Å². The van der Waals surface area contributed by atoms with Crippen molar-refractivity contribution in [2.75, 3.05) is 25.2 Å². The Balaban J connectivity index is 1.55. The van der Waals surface area contributed by atoms with Crippen LogP contribution in [0.5, 0.6) is 5.75 Å². The number of ether oxygens (including phenoxy) is 2. The van der Waals surface area contributed by atoms with Gasteiger partial charge in [0.15, 0.2) is 5.78 Å². The fourth-order valence-corrected chi connectivity index (χ4v) is 6.93. The summed E-state index contributed by atoms with van der Waals surface area (Å²) in [7, 11) is 1.58. The fourth-order valence-electron chi connectivity index (χ4n) is 6.93. The molecule has 0 saturated carbocycles. The quantitative estimate of drug-likeness (QED) is 0.460. The summed E-state index contributed by atoms with van der Waals surface area (Å²) in [6.45, 7) is 2.21. The van der Waals surface area contributed by atoms with Crippen LogP contribution in [0.4, 0.5) is 5.69 Å². The van der Waals surface area contributed by atoms with Crippen LogP contribution in [-0.4, -0.2) is 54.3 Å². The third-order valence-corrected chi connectivity index (χ3v) is 8.38. The van der Waals surface area contributed by atoms with Gasteiger partial charge >= 0.3 is 5.97 Å². The van der Waals surface area contributed by atoms with Gasteiger partial charge in [-0.3, -0.25) is 24.1 Å². The highest BCUT2D eigenvalue weighted by molar-refractivity contribution is 6.24. The van der Waals surface area contributed by atoms with Crippen molar-refractivity contribution in [1.82, 2.24) is 4.90 Å². The highest BCUT2D eigenvalue weighted by atomic mass is 16.5. The van der Waals surface area contributed by atoms with Crippen LogP contribution >= 0.6 is 0 Å². The summed E-state index contributed by atoms with van der Waals surface area (Å²) >= 11 is 0. The molecule has 0 radical (unpaired) electrons. The Bertz CT molecular complexity index is 1320. The van der Waals surface area contributed by atoms with Crippen LogP contribution in [-0.2, 0) is 23.9 Å². The van der Waals surface area contributed by atoms with Crippen LogP contribution in [0.15, 0.2) is 66.2 Å². The Morgan fingerprint density at radius 2 is 1.76 bits per heavy atom. The normalized spacial score (nSPS) is 30.6. The highest BCUT2D eigenvalue weighted by Crippen LogP contribution is 2.61. The first-order valence-electron chi connectivity index (χ1n) is 12.6. The number of fused-ring (bicyclic) bond motifs is 4. The first-order valence-corrected chi connectivity index (χ1v) is 12.6. The van der Waals surface area contributed by atoms with Crippen molar-refractivity contribution in [1.29, 1.82) is 0 Å². The summed E-state index contributed by atoms with van der Waals surface area (Å²) in [6.07, 6.45) is 2.23. The molecule has 37 heavy (non-hydrogen) atoms. The van der Waals surface area contributed by atoms with Gasteiger partial charge in [-0.05, 0) is 60.7 Å². The lowest BCUT2D eigenvalue weighted by Crippen LogP contribution is -2.62. The molecular weight excluding hydrogens is 472 g/mol. The van der Waals surface area contributed by atoms with E-state index in [-0.39, 0.29) is 30.6 Å². The first-order chi connectivity index (χ1) is 17.9. The maximum Gasteiger partial charge on any atom is 0.327 e. The number of benzene rings is 2. The van der Waals surface area contributed by atoms with Gasteiger partial charge in [0.1, 0.15) is 11.3 Å². The molecule has 0 bridgehead atoms. The molecule has 2 aromatic carbocycles. The number of amides is 2. The number of allylic oxidation sites excluding steroid dienone is 1. The summed E-state index contributed by atoms with van der Waals surface area (Å²) < 4.78 is 11.0. The number of hydrogen-bond donors (Lipinski definition) is 0. The molecule has 3 saturated heterocycles. The molecule has 3 fully saturated rings. The molecule has 0 spiro atoms. The van der Waals surface area contributed by atoms with E-state index in [4.69, 9.17) is 9.47 Å². The zero-order valence-electron chi connectivity index (χ0n) is 20.8. The second kappa shape index (κ2) is 8.66. The number of carbonyl (C=O) groups is 4. The number of esters is 1. The summed E-state index contributed by atoms with van der Waals surface area (Å²) in [4.78, 5) is 57.8. The van der Waals surface area contributed by atoms with E-state index >= 15 is 0 Å². The van der Waals surface area contributed by atoms with Gasteiger partial charge < -0.3 is 9.47 Å². The third-order valence-electron chi connectivity index (χ3n) is 8.38. The van der Waals surface area contributed by atoms with Crippen molar-refractivity contribution in [3.8, 4) is 5.75 Å². The summed E-state index contributed by atoms with van der Waals surface area (Å²) in [6, 6.07) is 15.7. The van der Waals surface area contributed by atoms with Gasteiger partial charge in [0.05, 0.1) is 31.2 Å². The Kier molecular flexibility index (Phi) is 5.53. The number of methoxy groups -OCH3 is 1. The van der Waals surface area contributed by atoms with Gasteiger partial charge in [0.2, 0.25) is 11.8 Å². The van der Waals surface area contributed by atoms with Crippen molar-refractivity contribution in [3.05, 3.63) is 71.8 Å². The van der Waals surface area contributed by atoms with Gasteiger partial charge in [-0.2, -0.15) is 0 Å². The molecule has 4 aliphatic rings. The van der Waals surface area contributed by atoms with Crippen molar-refractivity contribution in [2.45, 2.75) is 31.3 Å². The maximum atomic E-state index is 14.2. The molecular formula is C29H28N2O6. The number of imide groups is 1. The number of ketones is 1. The summed E-state index contributed by atoms with van der Waals surface area (Å²) in [5.41, 5.74) is 0.886. The van der Waals surface area contributed by atoms with E-state index in [1.165, 1.54) is 4.90 Å². The van der Waals surface area contributed by atoms with Crippen molar-refractivity contribution >= 4 is 29.3 Å². The van der Waals surface area contributed by atoms with E-state index in [1.54, 1.807) is 44.4 Å². The predicted octanol–water partition coefficient (Wildman–Crippen LogP) is 3.08. The number of para-hydroxylation sites is 1. The summed E-state index contributed by atoms with van der Waals surface area (Å²) in [5.74, 6) is -2.39. The van der Waals surface area contributed by atoms with Crippen molar-refractivity contribution in [2.24, 2.45) is 17.8 Å². The molecule has 0 unspecified atom stereocenters.